The predicted molar refractivity (Wildman–Crippen MR) is 109 cm³/mol. The van der Waals surface area contributed by atoms with E-state index in [1.807, 2.05) is 56.0 Å². The van der Waals surface area contributed by atoms with Crippen molar-refractivity contribution in [3.05, 3.63) is 52.1 Å². The molecule has 1 amide bonds. The first-order chi connectivity index (χ1) is 13.8. The highest BCUT2D eigenvalue weighted by molar-refractivity contribution is 5.81. The smallest absolute Gasteiger partial charge is 0.281 e. The Kier molecular flexibility index (Phi) is 4.94. The van der Waals surface area contributed by atoms with Crippen molar-refractivity contribution in [1.82, 2.24) is 29.9 Å². The summed E-state index contributed by atoms with van der Waals surface area (Å²) in [5, 5.41) is 8.15. The van der Waals surface area contributed by atoms with Crippen LogP contribution in [-0.4, -0.2) is 48.9 Å². The molecule has 1 N–H and O–H groups in total. The standard InChI is InChI=1S/C21H26N6O2/c1-21(2,3)20(29)26-11-7-10-15(13-26)17-22-18-16(19(28)23-17)24-25-27(18)12-14-8-5-4-6-9-14/h4-6,8-9,15H,7,10-13H2,1-3H3,(H,22,23,28). The summed E-state index contributed by atoms with van der Waals surface area (Å²) in [6.45, 7) is 7.58. The van der Waals surface area contributed by atoms with Gasteiger partial charge in [0.25, 0.3) is 5.56 Å². The lowest BCUT2D eigenvalue weighted by atomic mass is 9.91. The molecule has 1 atom stereocenters. The Balaban J connectivity index is 1.65. The number of amides is 1. The second kappa shape index (κ2) is 7.42. The van der Waals surface area contributed by atoms with Gasteiger partial charge in [-0.1, -0.05) is 56.3 Å². The topological polar surface area (TPSA) is 96.8 Å². The summed E-state index contributed by atoms with van der Waals surface area (Å²) in [7, 11) is 0. The second-order valence-electron chi connectivity index (χ2n) is 8.70. The molecule has 1 fully saturated rings. The van der Waals surface area contributed by atoms with Crippen molar-refractivity contribution in [2.24, 2.45) is 5.41 Å². The van der Waals surface area contributed by atoms with Gasteiger partial charge in [0.05, 0.1) is 6.54 Å². The highest BCUT2D eigenvalue weighted by Crippen LogP contribution is 2.28. The van der Waals surface area contributed by atoms with E-state index in [9.17, 15) is 9.59 Å². The van der Waals surface area contributed by atoms with Crippen LogP contribution in [0.3, 0.4) is 0 Å². The molecule has 1 aromatic carbocycles. The molecule has 1 aliphatic rings. The predicted octanol–water partition coefficient (Wildman–Crippen LogP) is 2.32. The molecule has 2 aromatic heterocycles. The van der Waals surface area contributed by atoms with E-state index in [-0.39, 0.29) is 22.9 Å². The van der Waals surface area contributed by atoms with Crippen LogP contribution >= 0.6 is 0 Å². The monoisotopic (exact) mass is 394 g/mol. The normalized spacial score (nSPS) is 17.6. The largest absolute Gasteiger partial charge is 0.342 e. The van der Waals surface area contributed by atoms with Crippen molar-refractivity contribution in [3.8, 4) is 0 Å². The highest BCUT2D eigenvalue weighted by Gasteiger charge is 2.32. The molecule has 8 heteroatoms. The third-order valence-electron chi connectivity index (χ3n) is 5.30. The molecule has 1 aliphatic heterocycles. The lowest BCUT2D eigenvalue weighted by Crippen LogP contribution is -2.45. The molecular formula is C21H26N6O2. The fraction of sp³-hybridized carbons (Fsp3) is 0.476. The Morgan fingerprint density at radius 3 is 2.72 bits per heavy atom. The van der Waals surface area contributed by atoms with E-state index < -0.39 is 5.41 Å². The molecule has 3 aromatic rings. The Morgan fingerprint density at radius 1 is 1.24 bits per heavy atom. The number of aromatic nitrogens is 5. The number of hydrogen-bond acceptors (Lipinski definition) is 5. The Morgan fingerprint density at radius 2 is 2.00 bits per heavy atom. The van der Waals surface area contributed by atoms with Gasteiger partial charge in [-0.15, -0.1) is 5.10 Å². The average Bonchev–Trinajstić information content (AvgIpc) is 3.11. The van der Waals surface area contributed by atoms with Crippen LogP contribution in [0.4, 0.5) is 0 Å². The number of likely N-dealkylation sites (tertiary alicyclic amines) is 1. The molecule has 1 saturated heterocycles. The van der Waals surface area contributed by atoms with E-state index >= 15 is 0 Å². The molecule has 152 valence electrons. The molecule has 0 aliphatic carbocycles. The van der Waals surface area contributed by atoms with E-state index in [1.54, 1.807) is 4.68 Å². The maximum absolute atomic E-state index is 12.7. The summed E-state index contributed by atoms with van der Waals surface area (Å²) < 4.78 is 1.66. The number of carbonyl (C=O) groups is 1. The van der Waals surface area contributed by atoms with Crippen LogP contribution in [0.25, 0.3) is 11.2 Å². The van der Waals surface area contributed by atoms with Crippen molar-refractivity contribution in [1.29, 1.82) is 0 Å². The number of aromatic amines is 1. The van der Waals surface area contributed by atoms with E-state index in [1.165, 1.54) is 0 Å². The molecule has 29 heavy (non-hydrogen) atoms. The van der Waals surface area contributed by atoms with E-state index in [2.05, 4.69) is 15.3 Å². The van der Waals surface area contributed by atoms with E-state index in [0.717, 1.165) is 24.9 Å². The zero-order valence-corrected chi connectivity index (χ0v) is 17.1. The number of hydrogen-bond donors (Lipinski definition) is 1. The van der Waals surface area contributed by atoms with Crippen LogP contribution in [0.5, 0.6) is 0 Å². The SMILES string of the molecule is CC(C)(C)C(=O)N1CCCC(c2nc3c(nnn3Cc3ccccc3)c(=O)[nH]2)C1. The number of benzene rings is 1. The molecule has 4 rings (SSSR count). The lowest BCUT2D eigenvalue weighted by molar-refractivity contribution is -0.140. The Bertz CT molecular complexity index is 1080. The first-order valence-electron chi connectivity index (χ1n) is 9.99. The molecule has 8 nitrogen and oxygen atoms in total. The lowest BCUT2D eigenvalue weighted by Gasteiger charge is -2.36. The van der Waals surface area contributed by atoms with Gasteiger partial charge in [-0.2, -0.15) is 0 Å². The van der Waals surface area contributed by atoms with Crippen molar-refractivity contribution in [2.75, 3.05) is 13.1 Å². The summed E-state index contributed by atoms with van der Waals surface area (Å²) in [6.07, 6.45) is 1.76. The van der Waals surface area contributed by atoms with Crippen LogP contribution in [0.1, 0.15) is 50.9 Å². The number of nitrogens with zero attached hydrogens (tertiary/aromatic N) is 5. The Labute approximate surface area is 168 Å². The summed E-state index contributed by atoms with van der Waals surface area (Å²) in [4.78, 5) is 34.8. The molecule has 0 saturated carbocycles. The maximum atomic E-state index is 12.7. The molecular weight excluding hydrogens is 368 g/mol. The van der Waals surface area contributed by atoms with Crippen LogP contribution in [0.2, 0.25) is 0 Å². The number of nitrogens with one attached hydrogen (secondary N) is 1. The summed E-state index contributed by atoms with van der Waals surface area (Å²) in [6, 6.07) is 9.88. The van der Waals surface area contributed by atoms with Gasteiger partial charge >= 0.3 is 0 Å². The quantitative estimate of drug-likeness (QED) is 0.735. The average molecular weight is 394 g/mol. The van der Waals surface area contributed by atoms with E-state index in [0.29, 0.717) is 24.6 Å². The van der Waals surface area contributed by atoms with Crippen molar-refractivity contribution < 1.29 is 4.79 Å². The molecule has 0 radical (unpaired) electrons. The van der Waals surface area contributed by atoms with Gasteiger partial charge in [-0.3, -0.25) is 9.59 Å². The van der Waals surface area contributed by atoms with Gasteiger partial charge in [0.15, 0.2) is 11.2 Å². The molecule has 1 unspecified atom stereocenters. The fourth-order valence-electron chi connectivity index (χ4n) is 3.80. The van der Waals surface area contributed by atoms with Gasteiger partial charge in [0.2, 0.25) is 5.91 Å². The molecule has 3 heterocycles. The summed E-state index contributed by atoms with van der Waals surface area (Å²) in [5.41, 5.74) is 1.06. The van der Waals surface area contributed by atoms with Gasteiger partial charge in [-0.05, 0) is 18.4 Å². The maximum Gasteiger partial charge on any atom is 0.281 e. The minimum absolute atomic E-state index is 0.00720. The van der Waals surface area contributed by atoms with Gasteiger partial charge in [0.1, 0.15) is 5.82 Å². The summed E-state index contributed by atoms with van der Waals surface area (Å²) >= 11 is 0. The highest BCUT2D eigenvalue weighted by atomic mass is 16.2. The van der Waals surface area contributed by atoms with Gasteiger partial charge in [-0.25, -0.2) is 9.67 Å². The zero-order valence-electron chi connectivity index (χ0n) is 17.1. The van der Waals surface area contributed by atoms with Gasteiger partial charge < -0.3 is 9.88 Å². The third-order valence-corrected chi connectivity index (χ3v) is 5.30. The van der Waals surface area contributed by atoms with E-state index in [4.69, 9.17) is 4.98 Å². The molecule has 0 spiro atoms. The van der Waals surface area contributed by atoms with Crippen LogP contribution < -0.4 is 5.56 Å². The zero-order chi connectivity index (χ0) is 20.6. The van der Waals surface area contributed by atoms with Crippen LogP contribution in [0, 0.1) is 5.41 Å². The van der Waals surface area contributed by atoms with Gasteiger partial charge in [0, 0.05) is 24.4 Å². The van der Waals surface area contributed by atoms with Crippen molar-refractivity contribution in [3.63, 3.8) is 0 Å². The second-order valence-corrected chi connectivity index (χ2v) is 8.70. The first kappa shape index (κ1) is 19.3. The number of H-pyrrole nitrogens is 1. The number of rotatable bonds is 3. The third kappa shape index (κ3) is 3.92. The first-order valence-corrected chi connectivity index (χ1v) is 9.99. The Hall–Kier alpha value is -3.03. The summed E-state index contributed by atoms with van der Waals surface area (Å²) in [5.74, 6) is 0.721. The van der Waals surface area contributed by atoms with Crippen LogP contribution in [0.15, 0.2) is 35.1 Å². The minimum atomic E-state index is -0.426. The van der Waals surface area contributed by atoms with Crippen LogP contribution in [-0.2, 0) is 11.3 Å². The fourth-order valence-corrected chi connectivity index (χ4v) is 3.80. The minimum Gasteiger partial charge on any atom is -0.342 e. The number of piperidine rings is 1. The number of fused-ring (bicyclic) bond motifs is 1. The van der Waals surface area contributed by atoms with Crippen molar-refractivity contribution >= 4 is 17.1 Å². The van der Waals surface area contributed by atoms with Crippen molar-refractivity contribution in [2.45, 2.75) is 46.1 Å². The molecule has 0 bridgehead atoms. The number of carbonyl (C=O) groups excluding carboxylic acids is 1.